The van der Waals surface area contributed by atoms with Crippen LogP contribution in [0.25, 0.3) is 0 Å². The molecular formula is C20H28NO4P. The molecule has 0 saturated carbocycles. The minimum Gasteiger partial charge on any atom is -0.395 e. The second-order valence-corrected chi connectivity index (χ2v) is 7.48. The van der Waals surface area contributed by atoms with Crippen LogP contribution in [0.3, 0.4) is 0 Å². The lowest BCUT2D eigenvalue weighted by atomic mass is 10.2. The van der Waals surface area contributed by atoms with Crippen LogP contribution in [0.5, 0.6) is 11.5 Å². The molecule has 26 heavy (non-hydrogen) atoms. The van der Waals surface area contributed by atoms with Gasteiger partial charge in [0, 0.05) is 6.04 Å². The van der Waals surface area contributed by atoms with E-state index in [-0.39, 0.29) is 12.6 Å². The predicted octanol–water partition coefficient (Wildman–Crippen LogP) is 5.44. The van der Waals surface area contributed by atoms with Gasteiger partial charge in [-0.2, -0.15) is 0 Å². The zero-order chi connectivity index (χ0) is 18.7. The molecule has 2 aromatic rings. The van der Waals surface area contributed by atoms with E-state index in [4.69, 9.17) is 13.6 Å². The molecule has 0 aliphatic rings. The number of hydrogen-bond donors (Lipinski definition) is 1. The van der Waals surface area contributed by atoms with Crippen LogP contribution in [0.1, 0.15) is 33.1 Å². The average molecular weight is 377 g/mol. The first-order chi connectivity index (χ1) is 12.6. The molecule has 142 valence electrons. The van der Waals surface area contributed by atoms with Gasteiger partial charge in [-0.3, -0.25) is 4.52 Å². The molecule has 1 atom stereocenters. The van der Waals surface area contributed by atoms with E-state index >= 15 is 0 Å². The molecule has 0 spiro atoms. The summed E-state index contributed by atoms with van der Waals surface area (Å²) in [6.07, 6.45) is 3.08. The Bertz CT molecular complexity index is 621. The number of para-hydroxylation sites is 2. The molecule has 0 amide bonds. The summed E-state index contributed by atoms with van der Waals surface area (Å²) in [5.74, 6) is 0.887. The van der Waals surface area contributed by atoms with Crippen LogP contribution >= 0.6 is 7.82 Å². The summed E-state index contributed by atoms with van der Waals surface area (Å²) >= 11 is 0. The number of hydrogen-bond acceptors (Lipinski definition) is 5. The van der Waals surface area contributed by atoms with Crippen molar-refractivity contribution in [1.29, 1.82) is 0 Å². The molecule has 5 nitrogen and oxygen atoms in total. The highest BCUT2D eigenvalue weighted by Gasteiger charge is 2.31. The maximum atomic E-state index is 13.2. The van der Waals surface area contributed by atoms with Crippen LogP contribution in [-0.2, 0) is 9.09 Å². The van der Waals surface area contributed by atoms with Crippen molar-refractivity contribution in [2.45, 2.75) is 39.2 Å². The largest absolute Gasteiger partial charge is 0.587 e. The molecule has 6 heteroatoms. The minimum absolute atomic E-state index is 0.0913. The highest BCUT2D eigenvalue weighted by molar-refractivity contribution is 7.49. The summed E-state index contributed by atoms with van der Waals surface area (Å²) in [6.45, 7) is 5.36. The van der Waals surface area contributed by atoms with Crippen LogP contribution in [0.15, 0.2) is 60.7 Å². The van der Waals surface area contributed by atoms with Crippen LogP contribution in [0.2, 0.25) is 0 Å². The molecule has 1 N–H and O–H groups in total. The SMILES string of the molecule is CCCCNC(CC)COP(=O)(Oc1ccccc1)Oc1ccccc1. The first-order valence-electron chi connectivity index (χ1n) is 9.12. The zero-order valence-corrected chi connectivity index (χ0v) is 16.4. The van der Waals surface area contributed by atoms with Gasteiger partial charge < -0.3 is 14.4 Å². The molecule has 0 heterocycles. The summed E-state index contributed by atoms with van der Waals surface area (Å²) in [4.78, 5) is 0. The molecule has 0 radical (unpaired) electrons. The number of nitrogens with one attached hydrogen (secondary N) is 1. The van der Waals surface area contributed by atoms with Gasteiger partial charge in [0.05, 0.1) is 6.61 Å². The standard InChI is InChI=1S/C20H28NO4P/c1-3-5-16-21-18(4-2)17-23-26(22,24-19-12-8-6-9-13-19)25-20-14-10-7-11-15-20/h6-15,18,21H,3-5,16-17H2,1-2H3. The average Bonchev–Trinajstić information content (AvgIpc) is 2.66. The van der Waals surface area contributed by atoms with E-state index in [9.17, 15) is 4.57 Å². The summed E-state index contributed by atoms with van der Waals surface area (Å²) in [6, 6.07) is 17.9. The molecular weight excluding hydrogens is 349 g/mol. The van der Waals surface area contributed by atoms with Gasteiger partial charge in [-0.1, -0.05) is 56.7 Å². The third kappa shape index (κ3) is 7.20. The predicted molar refractivity (Wildman–Crippen MR) is 105 cm³/mol. The van der Waals surface area contributed by atoms with Crippen LogP contribution < -0.4 is 14.4 Å². The Morgan fingerprint density at radius 3 is 1.92 bits per heavy atom. The quantitative estimate of drug-likeness (QED) is 0.394. The highest BCUT2D eigenvalue weighted by atomic mass is 31.2. The van der Waals surface area contributed by atoms with Crippen molar-refractivity contribution >= 4 is 7.82 Å². The van der Waals surface area contributed by atoms with Crippen molar-refractivity contribution in [1.82, 2.24) is 5.32 Å². The number of phosphoric ester groups is 1. The molecule has 2 rings (SSSR count). The van der Waals surface area contributed by atoms with Gasteiger partial charge >= 0.3 is 7.82 Å². The van der Waals surface area contributed by atoms with Crippen molar-refractivity contribution < 1.29 is 18.1 Å². The Labute approximate surface area is 156 Å². The molecule has 0 aliphatic heterocycles. The fourth-order valence-electron chi connectivity index (χ4n) is 2.28. The van der Waals surface area contributed by atoms with Crippen molar-refractivity contribution in [2.24, 2.45) is 0 Å². The molecule has 0 bridgehead atoms. The van der Waals surface area contributed by atoms with Gasteiger partial charge in [-0.25, -0.2) is 4.57 Å². The molecule has 0 aliphatic carbocycles. The normalized spacial score (nSPS) is 12.5. The van der Waals surface area contributed by atoms with Crippen molar-refractivity contribution in [2.75, 3.05) is 13.2 Å². The Morgan fingerprint density at radius 2 is 1.46 bits per heavy atom. The van der Waals surface area contributed by atoms with Crippen LogP contribution in [-0.4, -0.2) is 19.2 Å². The zero-order valence-electron chi connectivity index (χ0n) is 15.5. The van der Waals surface area contributed by atoms with Gasteiger partial charge in [0.25, 0.3) is 0 Å². The van der Waals surface area contributed by atoms with E-state index in [2.05, 4.69) is 19.2 Å². The van der Waals surface area contributed by atoms with E-state index in [1.165, 1.54) is 0 Å². The molecule has 1 unspecified atom stereocenters. The highest BCUT2D eigenvalue weighted by Crippen LogP contribution is 2.49. The van der Waals surface area contributed by atoms with Crippen molar-refractivity contribution in [3.05, 3.63) is 60.7 Å². The van der Waals surface area contributed by atoms with Crippen molar-refractivity contribution in [3.63, 3.8) is 0 Å². The minimum atomic E-state index is -3.81. The monoisotopic (exact) mass is 377 g/mol. The Balaban J connectivity index is 2.05. The van der Waals surface area contributed by atoms with Gasteiger partial charge in [0.15, 0.2) is 0 Å². The van der Waals surface area contributed by atoms with E-state index < -0.39 is 7.82 Å². The number of rotatable bonds is 12. The second-order valence-electron chi connectivity index (χ2n) is 5.96. The van der Waals surface area contributed by atoms with Crippen molar-refractivity contribution in [3.8, 4) is 11.5 Å². The van der Waals surface area contributed by atoms with E-state index in [0.717, 1.165) is 25.8 Å². The molecule has 2 aromatic carbocycles. The number of benzene rings is 2. The smallest absolute Gasteiger partial charge is 0.395 e. The maximum Gasteiger partial charge on any atom is 0.587 e. The summed E-state index contributed by atoms with van der Waals surface area (Å²) < 4.78 is 30.1. The summed E-state index contributed by atoms with van der Waals surface area (Å²) in [5, 5.41) is 3.41. The third-order valence-corrected chi connectivity index (χ3v) is 5.14. The maximum absolute atomic E-state index is 13.2. The molecule has 0 fully saturated rings. The summed E-state index contributed by atoms with van der Waals surface area (Å²) in [7, 11) is -3.81. The Hall–Kier alpha value is -1.81. The van der Waals surface area contributed by atoms with Gasteiger partial charge in [-0.05, 0) is 43.7 Å². The van der Waals surface area contributed by atoms with E-state index in [0.29, 0.717) is 11.5 Å². The first-order valence-corrected chi connectivity index (χ1v) is 10.6. The molecule has 0 aromatic heterocycles. The summed E-state index contributed by atoms with van der Waals surface area (Å²) in [5.41, 5.74) is 0. The van der Waals surface area contributed by atoms with Crippen LogP contribution in [0.4, 0.5) is 0 Å². The Kier molecular flexibility index (Phi) is 8.69. The fourth-order valence-corrected chi connectivity index (χ4v) is 3.54. The van der Waals surface area contributed by atoms with E-state index in [1.807, 2.05) is 36.4 Å². The van der Waals surface area contributed by atoms with Gasteiger partial charge in [0.2, 0.25) is 0 Å². The first kappa shape index (κ1) is 20.5. The third-order valence-electron chi connectivity index (χ3n) is 3.81. The lowest BCUT2D eigenvalue weighted by Gasteiger charge is -2.22. The van der Waals surface area contributed by atoms with Crippen LogP contribution in [0, 0.1) is 0 Å². The van der Waals surface area contributed by atoms with Gasteiger partial charge in [0.1, 0.15) is 11.5 Å². The lowest BCUT2D eigenvalue weighted by molar-refractivity contribution is 0.186. The lowest BCUT2D eigenvalue weighted by Crippen LogP contribution is -2.33. The second kappa shape index (κ2) is 11.0. The van der Waals surface area contributed by atoms with Gasteiger partial charge in [-0.15, -0.1) is 0 Å². The molecule has 0 saturated heterocycles. The topological polar surface area (TPSA) is 56.8 Å². The fraction of sp³-hybridized carbons (Fsp3) is 0.400. The number of unbranched alkanes of at least 4 members (excludes halogenated alkanes) is 1. The Morgan fingerprint density at radius 1 is 0.923 bits per heavy atom. The van der Waals surface area contributed by atoms with E-state index in [1.54, 1.807) is 24.3 Å². The number of phosphoric acid groups is 1.